The molecule has 0 saturated carbocycles. The van der Waals surface area contributed by atoms with Gasteiger partial charge in [-0.3, -0.25) is 9.78 Å². The van der Waals surface area contributed by atoms with Gasteiger partial charge in [0.15, 0.2) is 5.78 Å². The number of aromatic nitrogens is 2. The first kappa shape index (κ1) is 9.58. The molecule has 4 heteroatoms. The van der Waals surface area contributed by atoms with E-state index < -0.39 is 0 Å². The zero-order chi connectivity index (χ0) is 10.8. The number of oxazole rings is 1. The summed E-state index contributed by atoms with van der Waals surface area (Å²) in [4.78, 5) is 19.2. The summed E-state index contributed by atoms with van der Waals surface area (Å²) in [6, 6.07) is 3.57. The molecule has 0 aliphatic heterocycles. The number of rotatable bonds is 2. The van der Waals surface area contributed by atoms with Crippen molar-refractivity contribution >= 4 is 5.78 Å². The molecule has 15 heavy (non-hydrogen) atoms. The van der Waals surface area contributed by atoms with Gasteiger partial charge in [0.2, 0.25) is 5.89 Å². The Kier molecular flexibility index (Phi) is 2.33. The van der Waals surface area contributed by atoms with E-state index in [0.717, 1.165) is 5.56 Å². The van der Waals surface area contributed by atoms with Crippen LogP contribution >= 0.6 is 0 Å². The molecular weight excluding hydrogens is 192 g/mol. The summed E-state index contributed by atoms with van der Waals surface area (Å²) >= 11 is 0. The molecule has 0 N–H and O–H groups in total. The van der Waals surface area contributed by atoms with E-state index in [-0.39, 0.29) is 5.78 Å². The molecule has 2 aromatic heterocycles. The Labute approximate surface area is 87.0 Å². The molecule has 0 amide bonds. The molecular formula is C11H10N2O2. The van der Waals surface area contributed by atoms with Crippen molar-refractivity contribution in [3.05, 3.63) is 36.0 Å². The van der Waals surface area contributed by atoms with Gasteiger partial charge >= 0.3 is 0 Å². The number of aryl methyl sites for hydroxylation is 1. The first-order chi connectivity index (χ1) is 7.18. The van der Waals surface area contributed by atoms with Gasteiger partial charge in [0.25, 0.3) is 0 Å². The fourth-order valence-corrected chi connectivity index (χ4v) is 1.34. The van der Waals surface area contributed by atoms with Crippen LogP contribution in [0.4, 0.5) is 0 Å². The molecule has 0 radical (unpaired) electrons. The molecule has 2 heterocycles. The fourth-order valence-electron chi connectivity index (χ4n) is 1.34. The highest BCUT2D eigenvalue weighted by atomic mass is 16.4. The van der Waals surface area contributed by atoms with Gasteiger partial charge in [0.1, 0.15) is 11.5 Å². The molecule has 0 aliphatic carbocycles. The third kappa shape index (κ3) is 1.79. The fraction of sp³-hybridized carbons (Fsp3) is 0.182. The van der Waals surface area contributed by atoms with Crippen molar-refractivity contribution in [3.63, 3.8) is 0 Å². The second kappa shape index (κ2) is 3.65. The minimum Gasteiger partial charge on any atom is -0.441 e. The molecule has 0 spiro atoms. The predicted octanol–water partition coefficient (Wildman–Crippen LogP) is 2.25. The van der Waals surface area contributed by atoms with E-state index >= 15 is 0 Å². The lowest BCUT2D eigenvalue weighted by Gasteiger charge is -1.91. The summed E-state index contributed by atoms with van der Waals surface area (Å²) in [6.07, 6.45) is 3.31. The second-order valence-corrected chi connectivity index (χ2v) is 3.22. The number of hydrogen-bond donors (Lipinski definition) is 0. The van der Waals surface area contributed by atoms with Gasteiger partial charge in [0.05, 0.1) is 0 Å². The highest BCUT2D eigenvalue weighted by molar-refractivity contribution is 5.93. The minimum atomic E-state index is -0.0865. The van der Waals surface area contributed by atoms with E-state index in [9.17, 15) is 4.79 Å². The van der Waals surface area contributed by atoms with Crippen LogP contribution in [0.1, 0.15) is 23.2 Å². The van der Waals surface area contributed by atoms with Gasteiger partial charge in [-0.15, -0.1) is 0 Å². The Balaban J connectivity index is 2.48. The number of carbonyl (C=O) groups excluding carboxylic acids is 1. The van der Waals surface area contributed by atoms with Crippen molar-refractivity contribution in [2.45, 2.75) is 13.8 Å². The maximum atomic E-state index is 11.2. The first-order valence-corrected chi connectivity index (χ1v) is 4.57. The van der Waals surface area contributed by atoms with Crippen LogP contribution < -0.4 is 0 Å². The standard InChI is InChI=1S/C11H10N2O2/c1-7(14)10-8(2)15-11(13-10)9-3-5-12-6-4-9/h3-6H,1-2H3. The topological polar surface area (TPSA) is 56.0 Å². The Bertz CT molecular complexity index is 489. The van der Waals surface area contributed by atoms with E-state index in [1.165, 1.54) is 6.92 Å². The largest absolute Gasteiger partial charge is 0.441 e. The number of ketones is 1. The van der Waals surface area contributed by atoms with Crippen LogP contribution in [0.3, 0.4) is 0 Å². The monoisotopic (exact) mass is 202 g/mol. The second-order valence-electron chi connectivity index (χ2n) is 3.22. The van der Waals surface area contributed by atoms with Gasteiger partial charge in [-0.1, -0.05) is 0 Å². The van der Waals surface area contributed by atoms with E-state index in [1.807, 2.05) is 0 Å². The molecule has 0 aromatic carbocycles. The number of hydrogen-bond acceptors (Lipinski definition) is 4. The van der Waals surface area contributed by atoms with Crippen LogP contribution in [0, 0.1) is 6.92 Å². The summed E-state index contributed by atoms with van der Waals surface area (Å²) < 4.78 is 5.40. The molecule has 0 atom stereocenters. The maximum Gasteiger partial charge on any atom is 0.227 e. The minimum absolute atomic E-state index is 0.0865. The van der Waals surface area contributed by atoms with Crippen molar-refractivity contribution in [2.75, 3.05) is 0 Å². The highest BCUT2D eigenvalue weighted by Gasteiger charge is 2.14. The Morgan fingerprint density at radius 1 is 1.33 bits per heavy atom. The van der Waals surface area contributed by atoms with E-state index in [2.05, 4.69) is 9.97 Å². The van der Waals surface area contributed by atoms with Crippen LogP contribution in [0.25, 0.3) is 11.5 Å². The van der Waals surface area contributed by atoms with Crippen LogP contribution in [0.5, 0.6) is 0 Å². The lowest BCUT2D eigenvalue weighted by atomic mass is 10.2. The SMILES string of the molecule is CC(=O)c1nc(-c2ccncc2)oc1C. The normalized spacial score (nSPS) is 10.3. The predicted molar refractivity (Wildman–Crippen MR) is 54.5 cm³/mol. The summed E-state index contributed by atoms with van der Waals surface area (Å²) in [7, 11) is 0. The Morgan fingerprint density at radius 3 is 2.53 bits per heavy atom. The Hall–Kier alpha value is -1.97. The van der Waals surface area contributed by atoms with Crippen molar-refractivity contribution in [1.82, 2.24) is 9.97 Å². The quantitative estimate of drug-likeness (QED) is 0.701. The van der Waals surface area contributed by atoms with E-state index in [0.29, 0.717) is 17.3 Å². The van der Waals surface area contributed by atoms with Gasteiger partial charge < -0.3 is 4.42 Å². The molecule has 0 unspecified atom stereocenters. The third-order valence-corrected chi connectivity index (χ3v) is 2.06. The molecule has 76 valence electrons. The average molecular weight is 202 g/mol. The van der Waals surface area contributed by atoms with Crippen molar-refractivity contribution in [1.29, 1.82) is 0 Å². The zero-order valence-electron chi connectivity index (χ0n) is 8.52. The van der Waals surface area contributed by atoms with Crippen LogP contribution in [0.2, 0.25) is 0 Å². The van der Waals surface area contributed by atoms with Crippen molar-refractivity contribution in [3.8, 4) is 11.5 Å². The van der Waals surface area contributed by atoms with Gasteiger partial charge in [-0.05, 0) is 19.1 Å². The van der Waals surface area contributed by atoms with Crippen molar-refractivity contribution in [2.24, 2.45) is 0 Å². The summed E-state index contributed by atoms with van der Waals surface area (Å²) in [5.74, 6) is 0.922. The lowest BCUT2D eigenvalue weighted by Crippen LogP contribution is -1.94. The number of Topliss-reactive ketones (excluding diaryl/α,β-unsaturated/α-hetero) is 1. The number of carbonyl (C=O) groups is 1. The molecule has 0 aliphatic rings. The molecule has 0 fully saturated rings. The van der Waals surface area contributed by atoms with Crippen molar-refractivity contribution < 1.29 is 9.21 Å². The molecule has 0 saturated heterocycles. The maximum absolute atomic E-state index is 11.2. The molecule has 2 aromatic rings. The van der Waals surface area contributed by atoms with Crippen LogP contribution in [-0.4, -0.2) is 15.8 Å². The van der Waals surface area contributed by atoms with Crippen LogP contribution in [0.15, 0.2) is 28.9 Å². The molecule has 0 bridgehead atoms. The molecule has 4 nitrogen and oxygen atoms in total. The number of nitrogens with zero attached hydrogens (tertiary/aromatic N) is 2. The summed E-state index contributed by atoms with van der Waals surface area (Å²) in [5, 5.41) is 0. The van der Waals surface area contributed by atoms with Gasteiger partial charge in [-0.25, -0.2) is 4.98 Å². The van der Waals surface area contributed by atoms with Crippen LogP contribution in [-0.2, 0) is 0 Å². The van der Waals surface area contributed by atoms with E-state index in [1.54, 1.807) is 31.5 Å². The zero-order valence-corrected chi connectivity index (χ0v) is 8.52. The van der Waals surface area contributed by atoms with E-state index in [4.69, 9.17) is 4.42 Å². The summed E-state index contributed by atoms with van der Waals surface area (Å²) in [6.45, 7) is 3.20. The average Bonchev–Trinajstić information content (AvgIpc) is 2.62. The van der Waals surface area contributed by atoms with Gasteiger partial charge in [0, 0.05) is 24.9 Å². The van der Waals surface area contributed by atoms with Gasteiger partial charge in [-0.2, -0.15) is 0 Å². The Morgan fingerprint density at radius 2 is 2.00 bits per heavy atom. The summed E-state index contributed by atoms with van der Waals surface area (Å²) in [5.41, 5.74) is 1.21. The molecule has 2 rings (SSSR count). The first-order valence-electron chi connectivity index (χ1n) is 4.57. The third-order valence-electron chi connectivity index (χ3n) is 2.06. The highest BCUT2D eigenvalue weighted by Crippen LogP contribution is 2.20. The number of pyridine rings is 1. The lowest BCUT2D eigenvalue weighted by molar-refractivity contribution is 0.101. The smallest absolute Gasteiger partial charge is 0.227 e.